The van der Waals surface area contributed by atoms with E-state index >= 15 is 0 Å². The van der Waals surface area contributed by atoms with Gasteiger partial charge < -0.3 is 16.0 Å². The van der Waals surface area contributed by atoms with Crippen LogP contribution in [0, 0.1) is 0 Å². The number of pyridine rings is 1. The molecule has 0 aliphatic carbocycles. The van der Waals surface area contributed by atoms with Crippen LogP contribution in [-0.4, -0.2) is 14.6 Å². The van der Waals surface area contributed by atoms with E-state index in [0.29, 0.717) is 15.9 Å². The average Bonchev–Trinajstić information content (AvgIpc) is 2.67. The average molecular weight is 256 g/mol. The van der Waals surface area contributed by atoms with Crippen molar-refractivity contribution in [3.8, 4) is 0 Å². The summed E-state index contributed by atoms with van der Waals surface area (Å²) in [6, 6.07) is 3.66. The van der Waals surface area contributed by atoms with Gasteiger partial charge in [-0.1, -0.05) is 23.4 Å². The number of hydrogen-bond donors (Lipinski definition) is 2. The molecular formula is C9H10ClN5S. The van der Waals surface area contributed by atoms with Gasteiger partial charge in [0.05, 0.1) is 10.7 Å². The Hall–Kier alpha value is -1.40. The topological polar surface area (TPSA) is 81.7 Å². The standard InChI is InChI=1S/C9H10ClN5S/c10-6-1-2-8-13-7(4-15(8)3-6)5-16-9(11)14-12/h1-4H,5,12H2,(H2,11,14). The van der Waals surface area contributed by atoms with Crippen LogP contribution in [0.3, 0.4) is 0 Å². The number of hydrazone groups is 1. The third kappa shape index (κ3) is 2.40. The summed E-state index contributed by atoms with van der Waals surface area (Å²) in [7, 11) is 0. The molecule has 0 aliphatic rings. The normalized spacial score (nSPS) is 12.2. The molecule has 0 unspecified atom stereocenters. The molecule has 0 bridgehead atoms. The molecule has 0 spiro atoms. The lowest BCUT2D eigenvalue weighted by Crippen LogP contribution is -2.09. The van der Waals surface area contributed by atoms with Crippen LogP contribution in [0.1, 0.15) is 5.69 Å². The van der Waals surface area contributed by atoms with Crippen molar-refractivity contribution in [2.75, 3.05) is 0 Å². The highest BCUT2D eigenvalue weighted by atomic mass is 35.5. The third-order valence-electron chi connectivity index (χ3n) is 1.96. The van der Waals surface area contributed by atoms with E-state index in [1.807, 2.05) is 16.7 Å². The number of nitrogens with zero attached hydrogens (tertiary/aromatic N) is 3. The first kappa shape index (κ1) is 11.1. The van der Waals surface area contributed by atoms with E-state index < -0.39 is 0 Å². The zero-order chi connectivity index (χ0) is 11.5. The summed E-state index contributed by atoms with van der Waals surface area (Å²) in [5.41, 5.74) is 7.22. The lowest BCUT2D eigenvalue weighted by Gasteiger charge is -1.94. The number of fused-ring (bicyclic) bond motifs is 1. The molecule has 0 saturated heterocycles. The lowest BCUT2D eigenvalue weighted by molar-refractivity contribution is 1.18. The van der Waals surface area contributed by atoms with Gasteiger partial charge in [0.1, 0.15) is 5.65 Å². The number of amidine groups is 1. The molecule has 0 saturated carbocycles. The molecule has 0 radical (unpaired) electrons. The fourth-order valence-electron chi connectivity index (χ4n) is 1.27. The van der Waals surface area contributed by atoms with Gasteiger partial charge >= 0.3 is 0 Å². The maximum absolute atomic E-state index is 5.87. The van der Waals surface area contributed by atoms with Crippen molar-refractivity contribution in [3.63, 3.8) is 0 Å². The van der Waals surface area contributed by atoms with Crippen LogP contribution >= 0.6 is 23.4 Å². The minimum atomic E-state index is 0.343. The number of imidazole rings is 1. The monoisotopic (exact) mass is 255 g/mol. The lowest BCUT2D eigenvalue weighted by atomic mass is 10.5. The molecule has 2 rings (SSSR count). The van der Waals surface area contributed by atoms with Gasteiger partial charge in [-0.2, -0.15) is 5.10 Å². The predicted molar refractivity (Wildman–Crippen MR) is 67.3 cm³/mol. The van der Waals surface area contributed by atoms with Gasteiger partial charge in [0.25, 0.3) is 0 Å². The van der Waals surface area contributed by atoms with Gasteiger partial charge in [0.15, 0.2) is 5.17 Å². The van der Waals surface area contributed by atoms with Gasteiger partial charge in [-0.25, -0.2) is 4.98 Å². The van der Waals surface area contributed by atoms with E-state index in [9.17, 15) is 0 Å². The van der Waals surface area contributed by atoms with Crippen molar-refractivity contribution in [1.29, 1.82) is 0 Å². The first-order valence-corrected chi connectivity index (χ1v) is 5.84. The number of hydrogen-bond acceptors (Lipinski definition) is 4. The number of thioether (sulfide) groups is 1. The molecule has 0 fully saturated rings. The Labute approximate surface area is 101 Å². The largest absolute Gasteiger partial charge is 0.377 e. The zero-order valence-electron chi connectivity index (χ0n) is 8.30. The number of aromatic nitrogens is 2. The van der Waals surface area contributed by atoms with Crippen molar-refractivity contribution < 1.29 is 0 Å². The van der Waals surface area contributed by atoms with Gasteiger partial charge in [-0.3, -0.25) is 0 Å². The number of nitrogens with two attached hydrogens (primary N) is 2. The van der Waals surface area contributed by atoms with E-state index in [1.54, 1.807) is 12.3 Å². The van der Waals surface area contributed by atoms with E-state index in [2.05, 4.69) is 10.1 Å². The van der Waals surface area contributed by atoms with Crippen molar-refractivity contribution in [3.05, 3.63) is 35.2 Å². The number of rotatable bonds is 2. The second kappa shape index (κ2) is 4.63. The van der Waals surface area contributed by atoms with Crippen LogP contribution in [0.25, 0.3) is 5.65 Å². The predicted octanol–water partition coefficient (Wildman–Crippen LogP) is 1.41. The first-order chi connectivity index (χ1) is 7.69. The molecule has 0 amide bonds. The van der Waals surface area contributed by atoms with Gasteiger partial charge in [-0.15, -0.1) is 0 Å². The van der Waals surface area contributed by atoms with Crippen molar-refractivity contribution in [1.82, 2.24) is 9.38 Å². The van der Waals surface area contributed by atoms with E-state index in [1.165, 1.54) is 11.8 Å². The highest BCUT2D eigenvalue weighted by Crippen LogP contribution is 2.15. The fourth-order valence-corrected chi connectivity index (χ4v) is 1.95. The quantitative estimate of drug-likeness (QED) is 0.368. The summed E-state index contributed by atoms with van der Waals surface area (Å²) < 4.78 is 1.87. The smallest absolute Gasteiger partial charge is 0.177 e. The molecule has 0 aliphatic heterocycles. The van der Waals surface area contributed by atoms with Crippen LogP contribution in [-0.2, 0) is 5.75 Å². The maximum Gasteiger partial charge on any atom is 0.177 e. The minimum absolute atomic E-state index is 0.343. The van der Waals surface area contributed by atoms with Crippen LogP contribution < -0.4 is 11.6 Å². The Bertz CT molecular complexity index is 536. The molecule has 0 aromatic carbocycles. The molecule has 84 valence electrons. The maximum atomic E-state index is 5.87. The van der Waals surface area contributed by atoms with Crippen LogP contribution in [0.15, 0.2) is 29.6 Å². The van der Waals surface area contributed by atoms with E-state index in [0.717, 1.165) is 11.3 Å². The summed E-state index contributed by atoms with van der Waals surface area (Å²) in [5.74, 6) is 5.66. The molecule has 4 N–H and O–H groups in total. The molecule has 2 heterocycles. The SMILES string of the molecule is NN=C(N)SCc1cn2cc(Cl)ccc2n1. The van der Waals surface area contributed by atoms with Crippen molar-refractivity contribution in [2.24, 2.45) is 16.7 Å². The Morgan fingerprint density at radius 2 is 2.31 bits per heavy atom. The molecule has 0 atom stereocenters. The molecule has 2 aromatic rings. The highest BCUT2D eigenvalue weighted by Gasteiger charge is 2.03. The molecule has 7 heteroatoms. The van der Waals surface area contributed by atoms with Crippen molar-refractivity contribution in [2.45, 2.75) is 5.75 Å². The third-order valence-corrected chi connectivity index (χ3v) is 3.02. The van der Waals surface area contributed by atoms with Gasteiger partial charge in [0, 0.05) is 18.1 Å². The van der Waals surface area contributed by atoms with Gasteiger partial charge in [0.2, 0.25) is 0 Å². The molecule has 16 heavy (non-hydrogen) atoms. The van der Waals surface area contributed by atoms with Crippen LogP contribution in [0.4, 0.5) is 0 Å². The van der Waals surface area contributed by atoms with E-state index in [4.69, 9.17) is 23.2 Å². The molecule has 2 aromatic heterocycles. The number of halogens is 1. The summed E-state index contributed by atoms with van der Waals surface area (Å²) in [6.45, 7) is 0. The fraction of sp³-hybridized carbons (Fsp3) is 0.111. The second-order valence-electron chi connectivity index (χ2n) is 3.10. The Morgan fingerprint density at radius 1 is 1.50 bits per heavy atom. The first-order valence-electron chi connectivity index (χ1n) is 4.48. The molecular weight excluding hydrogens is 246 g/mol. The minimum Gasteiger partial charge on any atom is -0.377 e. The molecule has 5 nitrogen and oxygen atoms in total. The zero-order valence-corrected chi connectivity index (χ0v) is 9.87. The second-order valence-corrected chi connectivity index (χ2v) is 4.53. The highest BCUT2D eigenvalue weighted by molar-refractivity contribution is 8.13. The summed E-state index contributed by atoms with van der Waals surface area (Å²) >= 11 is 7.21. The summed E-state index contributed by atoms with van der Waals surface area (Å²) in [4.78, 5) is 4.39. The summed E-state index contributed by atoms with van der Waals surface area (Å²) in [6.07, 6.45) is 3.70. The Balaban J connectivity index is 2.20. The van der Waals surface area contributed by atoms with Crippen LogP contribution in [0.2, 0.25) is 5.02 Å². The van der Waals surface area contributed by atoms with E-state index in [-0.39, 0.29) is 0 Å². The summed E-state index contributed by atoms with van der Waals surface area (Å²) in [5, 5.41) is 4.39. The Kier molecular flexibility index (Phi) is 3.21. The van der Waals surface area contributed by atoms with Crippen molar-refractivity contribution >= 4 is 34.2 Å². The van der Waals surface area contributed by atoms with Gasteiger partial charge in [-0.05, 0) is 12.1 Å². The Morgan fingerprint density at radius 3 is 3.06 bits per heavy atom. The van der Waals surface area contributed by atoms with Crippen LogP contribution in [0.5, 0.6) is 0 Å².